The van der Waals surface area contributed by atoms with Crippen LogP contribution in [0.1, 0.15) is 21.5 Å². The molecule has 1 unspecified atom stereocenters. The Morgan fingerprint density at radius 2 is 1.67 bits per heavy atom. The molecule has 0 saturated carbocycles. The second-order valence-electron chi connectivity index (χ2n) is 4.57. The van der Waals surface area contributed by atoms with E-state index in [4.69, 9.17) is 21.1 Å². The first-order valence-electron chi connectivity index (χ1n) is 6.30. The molecule has 0 saturated heterocycles. The summed E-state index contributed by atoms with van der Waals surface area (Å²) >= 11 is 13.7. The lowest BCUT2D eigenvalue weighted by Gasteiger charge is -2.18. The summed E-state index contributed by atoms with van der Waals surface area (Å²) in [6, 6.07) is 9.85. The van der Waals surface area contributed by atoms with E-state index in [9.17, 15) is 0 Å². The van der Waals surface area contributed by atoms with Gasteiger partial charge in [-0.05, 0) is 35.7 Å². The predicted molar refractivity (Wildman–Crippen MR) is 94.2 cm³/mol. The Bertz CT molecular complexity index is 659. The monoisotopic (exact) mass is 432 g/mol. The highest BCUT2D eigenvalue weighted by atomic mass is 79.9. The molecule has 2 aromatic carbocycles. The van der Waals surface area contributed by atoms with Gasteiger partial charge in [0, 0.05) is 9.50 Å². The quantitative estimate of drug-likeness (QED) is 0.557. The number of ether oxygens (including phenoxy) is 2. The van der Waals surface area contributed by atoms with Crippen LogP contribution in [0.5, 0.6) is 11.5 Å². The van der Waals surface area contributed by atoms with Gasteiger partial charge in [-0.1, -0.05) is 61.7 Å². The second kappa shape index (κ2) is 7.03. The van der Waals surface area contributed by atoms with Crippen molar-refractivity contribution in [2.24, 2.45) is 0 Å². The van der Waals surface area contributed by atoms with Crippen molar-refractivity contribution in [2.45, 2.75) is 11.8 Å². The molecule has 0 fully saturated rings. The van der Waals surface area contributed by atoms with Crippen molar-refractivity contribution in [3.63, 3.8) is 0 Å². The Labute approximate surface area is 146 Å². The minimum Gasteiger partial charge on any atom is -0.493 e. The molecular weight excluding hydrogens is 419 g/mol. The number of methoxy groups -OCH3 is 2. The number of aryl methyl sites for hydroxylation is 1. The van der Waals surface area contributed by atoms with Gasteiger partial charge in [0.05, 0.1) is 19.0 Å². The molecule has 2 rings (SSSR count). The van der Waals surface area contributed by atoms with Gasteiger partial charge in [-0.3, -0.25) is 0 Å². The lowest BCUT2D eigenvalue weighted by molar-refractivity contribution is 0.354. The zero-order valence-corrected chi connectivity index (χ0v) is 15.8. The van der Waals surface area contributed by atoms with Crippen LogP contribution in [0.3, 0.4) is 0 Å². The fraction of sp³-hybridized carbons (Fsp3) is 0.250. The van der Waals surface area contributed by atoms with Crippen molar-refractivity contribution >= 4 is 43.5 Å². The maximum absolute atomic E-state index is 6.42. The normalized spacial score (nSPS) is 12.1. The van der Waals surface area contributed by atoms with Crippen molar-refractivity contribution in [1.29, 1.82) is 0 Å². The van der Waals surface area contributed by atoms with Gasteiger partial charge in [0.1, 0.15) is 0 Å². The van der Waals surface area contributed by atoms with Crippen molar-refractivity contribution in [3.05, 3.63) is 56.5 Å². The molecule has 1 atom stereocenters. The summed E-state index contributed by atoms with van der Waals surface area (Å²) in [6.45, 7) is 2.00. The van der Waals surface area contributed by atoms with Gasteiger partial charge >= 0.3 is 0 Å². The summed E-state index contributed by atoms with van der Waals surface area (Å²) < 4.78 is 11.6. The van der Waals surface area contributed by atoms with E-state index in [-0.39, 0.29) is 4.83 Å². The van der Waals surface area contributed by atoms with E-state index < -0.39 is 0 Å². The summed E-state index contributed by atoms with van der Waals surface area (Å²) in [4.78, 5) is -0.0425. The Morgan fingerprint density at radius 3 is 2.29 bits per heavy atom. The number of rotatable bonds is 4. The molecule has 0 amide bonds. The van der Waals surface area contributed by atoms with E-state index in [0.29, 0.717) is 11.5 Å². The molecule has 0 bridgehead atoms. The van der Waals surface area contributed by atoms with Gasteiger partial charge in [-0.2, -0.15) is 0 Å². The van der Waals surface area contributed by atoms with Crippen LogP contribution in [0.15, 0.2) is 34.8 Å². The third-order valence-electron chi connectivity index (χ3n) is 3.27. The molecule has 5 heteroatoms. The van der Waals surface area contributed by atoms with Gasteiger partial charge in [0.2, 0.25) is 0 Å². The molecule has 0 heterocycles. The standard InChI is InChI=1S/C16H15Br2ClO2/c1-9-5-4-6-10(16(9)19)15(18)11-7-13(20-2)14(21-3)8-12(11)17/h4-8,15H,1-3H3. The minimum absolute atomic E-state index is 0.0425. The summed E-state index contributed by atoms with van der Waals surface area (Å²) in [7, 11) is 3.24. The maximum Gasteiger partial charge on any atom is 0.161 e. The third-order valence-corrected chi connectivity index (χ3v) is 5.46. The Morgan fingerprint density at radius 1 is 1.05 bits per heavy atom. The third kappa shape index (κ3) is 3.38. The Hall–Kier alpha value is -0.710. The zero-order chi connectivity index (χ0) is 15.6. The SMILES string of the molecule is COc1cc(Br)c(C(Br)c2cccc(C)c2Cl)cc1OC. The molecule has 0 N–H and O–H groups in total. The van der Waals surface area contributed by atoms with E-state index in [0.717, 1.165) is 26.2 Å². The smallest absolute Gasteiger partial charge is 0.161 e. The molecule has 0 spiro atoms. The van der Waals surface area contributed by atoms with Crippen molar-refractivity contribution < 1.29 is 9.47 Å². The molecule has 112 valence electrons. The van der Waals surface area contributed by atoms with E-state index in [1.54, 1.807) is 14.2 Å². The van der Waals surface area contributed by atoms with Crippen LogP contribution in [0.4, 0.5) is 0 Å². The molecule has 0 aliphatic carbocycles. The highest BCUT2D eigenvalue weighted by Crippen LogP contribution is 2.43. The van der Waals surface area contributed by atoms with Gasteiger partial charge in [0.15, 0.2) is 11.5 Å². The van der Waals surface area contributed by atoms with Crippen LogP contribution < -0.4 is 9.47 Å². The Kier molecular flexibility index (Phi) is 5.58. The Balaban J connectivity index is 2.53. The van der Waals surface area contributed by atoms with Crippen LogP contribution in [0.25, 0.3) is 0 Å². The number of alkyl halides is 1. The van der Waals surface area contributed by atoms with Crippen LogP contribution in [0, 0.1) is 6.92 Å². The van der Waals surface area contributed by atoms with Gasteiger partial charge < -0.3 is 9.47 Å². The van der Waals surface area contributed by atoms with E-state index in [2.05, 4.69) is 31.9 Å². The molecule has 2 nitrogen and oxygen atoms in total. The first-order chi connectivity index (χ1) is 9.99. The summed E-state index contributed by atoms with van der Waals surface area (Å²) in [5, 5.41) is 0.765. The summed E-state index contributed by atoms with van der Waals surface area (Å²) in [5.74, 6) is 1.37. The van der Waals surface area contributed by atoms with Gasteiger partial charge in [-0.25, -0.2) is 0 Å². The summed E-state index contributed by atoms with van der Waals surface area (Å²) in [6.07, 6.45) is 0. The fourth-order valence-electron chi connectivity index (χ4n) is 2.10. The van der Waals surface area contributed by atoms with Crippen LogP contribution >= 0.6 is 43.5 Å². The summed E-state index contributed by atoms with van der Waals surface area (Å²) in [5.41, 5.74) is 3.10. The van der Waals surface area contributed by atoms with E-state index in [1.165, 1.54) is 0 Å². The molecule has 0 radical (unpaired) electrons. The van der Waals surface area contributed by atoms with Crippen LogP contribution in [0.2, 0.25) is 5.02 Å². The maximum atomic E-state index is 6.42. The number of hydrogen-bond acceptors (Lipinski definition) is 2. The average molecular weight is 435 g/mol. The molecular formula is C16H15Br2ClO2. The van der Waals surface area contributed by atoms with Crippen molar-refractivity contribution in [2.75, 3.05) is 14.2 Å². The zero-order valence-electron chi connectivity index (χ0n) is 11.9. The first kappa shape index (κ1) is 16.7. The lowest BCUT2D eigenvalue weighted by Crippen LogP contribution is -1.99. The first-order valence-corrected chi connectivity index (χ1v) is 8.38. The van der Waals surface area contributed by atoms with Gasteiger partial charge in [0.25, 0.3) is 0 Å². The minimum atomic E-state index is -0.0425. The van der Waals surface area contributed by atoms with E-state index >= 15 is 0 Å². The van der Waals surface area contributed by atoms with Crippen LogP contribution in [-0.4, -0.2) is 14.2 Å². The fourth-order valence-corrected chi connectivity index (χ4v) is 4.08. The second-order valence-corrected chi connectivity index (χ2v) is 6.72. The molecule has 0 aliphatic heterocycles. The topological polar surface area (TPSA) is 18.5 Å². The van der Waals surface area contributed by atoms with Gasteiger partial charge in [-0.15, -0.1) is 0 Å². The lowest BCUT2D eigenvalue weighted by atomic mass is 10.0. The van der Waals surface area contributed by atoms with Crippen LogP contribution in [-0.2, 0) is 0 Å². The number of hydrogen-bond donors (Lipinski definition) is 0. The number of benzene rings is 2. The highest BCUT2D eigenvalue weighted by molar-refractivity contribution is 9.11. The van der Waals surface area contributed by atoms with Crippen molar-refractivity contribution in [1.82, 2.24) is 0 Å². The molecule has 0 aliphatic rings. The van der Waals surface area contributed by atoms with Crippen molar-refractivity contribution in [3.8, 4) is 11.5 Å². The highest BCUT2D eigenvalue weighted by Gasteiger charge is 2.20. The number of halogens is 3. The molecule has 0 aromatic heterocycles. The average Bonchev–Trinajstić information content (AvgIpc) is 2.49. The molecule has 21 heavy (non-hydrogen) atoms. The largest absolute Gasteiger partial charge is 0.493 e. The van der Waals surface area contributed by atoms with E-state index in [1.807, 2.05) is 37.3 Å². The molecule has 2 aromatic rings. The predicted octanol–water partition coefficient (Wildman–Crippen LogP) is 5.91.